The Morgan fingerprint density at radius 1 is 1.27 bits per heavy atom. The van der Waals surface area contributed by atoms with Crippen LogP contribution in [0.1, 0.15) is 37.7 Å². The minimum absolute atomic E-state index is 0.00901. The lowest BCUT2D eigenvalue weighted by Gasteiger charge is -2.31. The fourth-order valence-electron chi connectivity index (χ4n) is 2.67. The quantitative estimate of drug-likeness (QED) is 0.759. The monoisotopic (exact) mass is 369 g/mol. The average molecular weight is 369 g/mol. The van der Waals surface area contributed by atoms with Crippen LogP contribution >= 0.6 is 0 Å². The van der Waals surface area contributed by atoms with Gasteiger partial charge in [0, 0.05) is 12.1 Å². The number of aromatic nitrogens is 2. The first-order chi connectivity index (χ1) is 12.0. The van der Waals surface area contributed by atoms with Gasteiger partial charge in [-0.2, -0.15) is 13.2 Å². The predicted octanol–water partition coefficient (Wildman–Crippen LogP) is 4.05. The highest BCUT2D eigenvalue weighted by atomic mass is 19.4. The van der Waals surface area contributed by atoms with Crippen molar-refractivity contribution in [2.75, 3.05) is 6.54 Å². The molecular weight excluding hydrogens is 351 g/mol. The number of carbonyl (C=O) groups excluding carboxylic acids is 1. The lowest BCUT2D eigenvalue weighted by molar-refractivity contribution is -0.142. The molecule has 0 radical (unpaired) electrons. The Labute approximate surface area is 148 Å². The Kier molecular flexibility index (Phi) is 4.41. The van der Waals surface area contributed by atoms with E-state index in [1.165, 1.54) is 23.5 Å². The van der Waals surface area contributed by atoms with Crippen molar-refractivity contribution in [2.24, 2.45) is 0 Å². The molecule has 1 amide bonds. The van der Waals surface area contributed by atoms with Crippen molar-refractivity contribution in [1.82, 2.24) is 14.9 Å². The van der Waals surface area contributed by atoms with Gasteiger partial charge >= 0.3 is 12.3 Å². The summed E-state index contributed by atoms with van der Waals surface area (Å²) in [5, 5.41) is 0. The number of fused-ring (bicyclic) bond motifs is 1. The van der Waals surface area contributed by atoms with Crippen molar-refractivity contribution in [1.29, 1.82) is 0 Å². The summed E-state index contributed by atoms with van der Waals surface area (Å²) in [5.74, 6) is -0.0872. The van der Waals surface area contributed by atoms with E-state index >= 15 is 0 Å². The van der Waals surface area contributed by atoms with Gasteiger partial charge in [-0.1, -0.05) is 0 Å². The molecule has 3 heterocycles. The molecule has 0 atom stereocenters. The molecule has 3 rings (SSSR count). The Bertz CT molecular complexity index is 811. The molecule has 0 spiro atoms. The van der Waals surface area contributed by atoms with Gasteiger partial charge in [-0.3, -0.25) is 0 Å². The van der Waals surface area contributed by atoms with Gasteiger partial charge in [0.05, 0.1) is 24.1 Å². The molecule has 0 bridgehead atoms. The van der Waals surface area contributed by atoms with Crippen LogP contribution in [0.5, 0.6) is 0 Å². The highest BCUT2D eigenvalue weighted by Gasteiger charge is 2.39. The fraction of sp³-hybridized carbons (Fsp3) is 0.471. The maximum Gasteiger partial charge on any atom is 0.433 e. The molecule has 0 unspecified atom stereocenters. The van der Waals surface area contributed by atoms with E-state index < -0.39 is 23.6 Å². The van der Waals surface area contributed by atoms with Gasteiger partial charge < -0.3 is 14.1 Å². The number of furan rings is 1. The molecule has 1 aliphatic rings. The SMILES string of the molecule is CC(C)(C)OC(=O)N1CCc2c(nc(-c3ccoc3)nc2C(F)(F)F)C1. The van der Waals surface area contributed by atoms with Crippen LogP contribution in [-0.4, -0.2) is 33.1 Å². The number of hydrogen-bond acceptors (Lipinski definition) is 5. The molecule has 26 heavy (non-hydrogen) atoms. The molecule has 1 aliphatic heterocycles. The number of nitrogens with zero attached hydrogens (tertiary/aromatic N) is 3. The van der Waals surface area contributed by atoms with Crippen LogP contribution in [-0.2, 0) is 23.9 Å². The van der Waals surface area contributed by atoms with Crippen LogP contribution in [0.25, 0.3) is 11.4 Å². The molecule has 0 fully saturated rings. The summed E-state index contributed by atoms with van der Waals surface area (Å²) < 4.78 is 50.6. The first-order valence-corrected chi connectivity index (χ1v) is 8.02. The Morgan fingerprint density at radius 2 is 2.00 bits per heavy atom. The van der Waals surface area contributed by atoms with Crippen molar-refractivity contribution in [3.63, 3.8) is 0 Å². The number of carbonyl (C=O) groups is 1. The van der Waals surface area contributed by atoms with Crippen LogP contribution < -0.4 is 0 Å². The zero-order chi connectivity index (χ0) is 19.1. The molecule has 9 heteroatoms. The number of rotatable bonds is 1. The summed E-state index contributed by atoms with van der Waals surface area (Å²) in [7, 11) is 0. The van der Waals surface area contributed by atoms with Gasteiger partial charge in [-0.05, 0) is 33.3 Å². The number of amides is 1. The lowest BCUT2D eigenvalue weighted by atomic mass is 10.0. The predicted molar refractivity (Wildman–Crippen MR) is 85.1 cm³/mol. The van der Waals surface area contributed by atoms with E-state index in [0.29, 0.717) is 5.56 Å². The van der Waals surface area contributed by atoms with Gasteiger partial charge in [-0.15, -0.1) is 0 Å². The van der Waals surface area contributed by atoms with E-state index in [1.807, 2.05) is 0 Å². The van der Waals surface area contributed by atoms with Crippen molar-refractivity contribution < 1.29 is 27.1 Å². The first kappa shape index (κ1) is 18.2. The third-order valence-electron chi connectivity index (χ3n) is 3.76. The Morgan fingerprint density at radius 3 is 2.58 bits per heavy atom. The van der Waals surface area contributed by atoms with Crippen LogP contribution in [0.3, 0.4) is 0 Å². The Hall–Kier alpha value is -2.58. The highest BCUT2D eigenvalue weighted by molar-refractivity contribution is 5.68. The van der Waals surface area contributed by atoms with Crippen molar-refractivity contribution in [2.45, 2.75) is 45.5 Å². The first-order valence-electron chi connectivity index (χ1n) is 8.02. The molecule has 2 aromatic rings. The normalized spacial score (nSPS) is 14.9. The van der Waals surface area contributed by atoms with Crippen LogP contribution in [0.4, 0.5) is 18.0 Å². The number of halogens is 3. The van der Waals surface area contributed by atoms with E-state index in [4.69, 9.17) is 9.15 Å². The minimum Gasteiger partial charge on any atom is -0.472 e. The third-order valence-corrected chi connectivity index (χ3v) is 3.76. The Balaban J connectivity index is 1.98. The van der Waals surface area contributed by atoms with Crippen LogP contribution in [0, 0.1) is 0 Å². The third kappa shape index (κ3) is 3.81. The lowest BCUT2D eigenvalue weighted by Crippen LogP contribution is -2.41. The van der Waals surface area contributed by atoms with Gasteiger partial charge in [0.25, 0.3) is 0 Å². The standard InChI is InChI=1S/C17H18F3N3O3/c1-16(2,3)26-15(24)23-6-4-11-12(8-23)21-14(10-5-7-25-9-10)22-13(11)17(18,19)20/h5,7,9H,4,6,8H2,1-3H3. The topological polar surface area (TPSA) is 68.5 Å². The zero-order valence-corrected chi connectivity index (χ0v) is 14.6. The fourth-order valence-corrected chi connectivity index (χ4v) is 2.67. The second-order valence-electron chi connectivity index (χ2n) is 6.98. The largest absolute Gasteiger partial charge is 0.472 e. The number of ether oxygens (including phenoxy) is 1. The molecule has 2 aromatic heterocycles. The van der Waals surface area contributed by atoms with E-state index in [9.17, 15) is 18.0 Å². The minimum atomic E-state index is -4.61. The van der Waals surface area contributed by atoms with Gasteiger partial charge in [0.15, 0.2) is 11.5 Å². The maximum atomic E-state index is 13.5. The number of alkyl halides is 3. The summed E-state index contributed by atoms with van der Waals surface area (Å²) in [5.41, 5.74) is -1.14. The van der Waals surface area contributed by atoms with Crippen molar-refractivity contribution in [3.8, 4) is 11.4 Å². The molecule has 0 saturated carbocycles. The molecule has 0 N–H and O–H groups in total. The van der Waals surface area contributed by atoms with E-state index in [1.54, 1.807) is 20.8 Å². The molecule has 0 saturated heterocycles. The second kappa shape index (κ2) is 6.30. The smallest absolute Gasteiger partial charge is 0.433 e. The average Bonchev–Trinajstić information content (AvgIpc) is 3.05. The summed E-state index contributed by atoms with van der Waals surface area (Å²) in [6, 6.07) is 1.48. The van der Waals surface area contributed by atoms with Gasteiger partial charge in [0.2, 0.25) is 0 Å². The van der Waals surface area contributed by atoms with Crippen LogP contribution in [0.15, 0.2) is 23.0 Å². The molecule has 140 valence electrons. The summed E-state index contributed by atoms with van der Waals surface area (Å²) in [4.78, 5) is 21.5. The molecule has 0 aliphatic carbocycles. The molecule has 6 nitrogen and oxygen atoms in total. The zero-order valence-electron chi connectivity index (χ0n) is 14.6. The highest BCUT2D eigenvalue weighted by Crippen LogP contribution is 2.35. The molecule has 0 aromatic carbocycles. The van der Waals surface area contributed by atoms with E-state index in [2.05, 4.69) is 9.97 Å². The molecular formula is C17H18F3N3O3. The maximum absolute atomic E-state index is 13.5. The van der Waals surface area contributed by atoms with Crippen molar-refractivity contribution >= 4 is 6.09 Å². The van der Waals surface area contributed by atoms with Gasteiger partial charge in [-0.25, -0.2) is 14.8 Å². The summed E-state index contributed by atoms with van der Waals surface area (Å²) in [6.07, 6.45) is -2.58. The number of hydrogen-bond donors (Lipinski definition) is 0. The van der Waals surface area contributed by atoms with E-state index in [-0.39, 0.29) is 36.6 Å². The van der Waals surface area contributed by atoms with Crippen molar-refractivity contribution in [3.05, 3.63) is 35.5 Å². The summed E-state index contributed by atoms with van der Waals surface area (Å²) >= 11 is 0. The van der Waals surface area contributed by atoms with Gasteiger partial charge in [0.1, 0.15) is 11.9 Å². The van der Waals surface area contributed by atoms with Crippen LogP contribution in [0.2, 0.25) is 0 Å². The second-order valence-corrected chi connectivity index (χ2v) is 6.98. The van der Waals surface area contributed by atoms with E-state index in [0.717, 1.165) is 0 Å². The summed E-state index contributed by atoms with van der Waals surface area (Å²) in [6.45, 7) is 5.22.